The molecule has 0 unspecified atom stereocenters. The lowest BCUT2D eigenvalue weighted by Gasteiger charge is -2.36. The molecule has 1 aromatic carbocycles. The molecule has 0 aliphatic carbocycles. The summed E-state index contributed by atoms with van der Waals surface area (Å²) in [6, 6.07) is 5.18. The van der Waals surface area contributed by atoms with Gasteiger partial charge in [0, 0.05) is 57.3 Å². The maximum Gasteiger partial charge on any atom is 0.222 e. The Balaban J connectivity index is 1.47. The molecular weight excluding hydrogens is 381 g/mol. The van der Waals surface area contributed by atoms with Gasteiger partial charge < -0.3 is 14.7 Å². The third-order valence-corrected chi connectivity index (χ3v) is 6.47. The first-order valence-electron chi connectivity index (χ1n) is 10.7. The van der Waals surface area contributed by atoms with E-state index in [2.05, 4.69) is 27.9 Å². The van der Waals surface area contributed by atoms with Crippen LogP contribution in [0.4, 0.5) is 10.1 Å². The second kappa shape index (κ2) is 8.57. The third kappa shape index (κ3) is 4.10. The average molecular weight is 410 g/mol. The number of rotatable bonds is 3. The van der Waals surface area contributed by atoms with Crippen LogP contribution in [0.3, 0.4) is 0 Å². The zero-order valence-electron chi connectivity index (χ0n) is 17.7. The standard InChI is InChI=1S/C23H28FN5O/c1-16-11-19(24)13-20-22(16)26-15-18(14-25)23(20)29-5-3-17(4-6-29)12-21(30)28-9-7-27(2)8-10-28/h11,13,15,17H,3-10,12H2,1-2H3. The summed E-state index contributed by atoms with van der Waals surface area (Å²) in [6.45, 7) is 6.85. The smallest absolute Gasteiger partial charge is 0.222 e. The number of fused-ring (bicyclic) bond motifs is 1. The van der Waals surface area contributed by atoms with Crippen LogP contribution in [-0.4, -0.2) is 67.0 Å². The SMILES string of the molecule is Cc1cc(F)cc2c(N3CCC(CC(=O)N4CCN(C)CC4)CC3)c(C#N)cnc12. The van der Waals surface area contributed by atoms with Crippen molar-refractivity contribution in [3.63, 3.8) is 0 Å². The fourth-order valence-corrected chi connectivity index (χ4v) is 4.64. The molecule has 0 N–H and O–H groups in total. The van der Waals surface area contributed by atoms with Crippen LogP contribution < -0.4 is 4.90 Å². The van der Waals surface area contributed by atoms with Crippen LogP contribution in [0.25, 0.3) is 10.9 Å². The number of amides is 1. The summed E-state index contributed by atoms with van der Waals surface area (Å²) in [5, 5.41) is 10.3. The highest BCUT2D eigenvalue weighted by molar-refractivity contribution is 5.96. The topological polar surface area (TPSA) is 63.5 Å². The number of benzene rings is 1. The number of aryl methyl sites for hydroxylation is 1. The van der Waals surface area contributed by atoms with E-state index in [1.165, 1.54) is 12.1 Å². The maximum atomic E-state index is 14.1. The Bertz CT molecular complexity index is 985. The second-order valence-electron chi connectivity index (χ2n) is 8.57. The Labute approximate surface area is 176 Å². The molecule has 2 aromatic rings. The van der Waals surface area contributed by atoms with E-state index in [1.807, 2.05) is 11.8 Å². The number of piperazine rings is 1. The Hall–Kier alpha value is -2.72. The van der Waals surface area contributed by atoms with Crippen molar-refractivity contribution in [3.8, 4) is 6.07 Å². The van der Waals surface area contributed by atoms with Crippen LogP contribution in [0.2, 0.25) is 0 Å². The van der Waals surface area contributed by atoms with Gasteiger partial charge in [0.1, 0.15) is 11.9 Å². The van der Waals surface area contributed by atoms with Crippen molar-refractivity contribution in [2.75, 3.05) is 51.2 Å². The van der Waals surface area contributed by atoms with Gasteiger partial charge in [-0.05, 0) is 50.4 Å². The summed E-state index contributed by atoms with van der Waals surface area (Å²) in [4.78, 5) is 23.5. The molecule has 2 saturated heterocycles. The van der Waals surface area contributed by atoms with Gasteiger partial charge in [0.05, 0.1) is 16.8 Å². The number of hydrogen-bond donors (Lipinski definition) is 0. The Morgan fingerprint density at radius 1 is 1.20 bits per heavy atom. The van der Waals surface area contributed by atoms with E-state index in [1.54, 1.807) is 6.20 Å². The van der Waals surface area contributed by atoms with Crippen molar-refractivity contribution in [3.05, 3.63) is 35.3 Å². The molecule has 2 aliphatic rings. The summed E-state index contributed by atoms with van der Waals surface area (Å²) in [7, 11) is 2.09. The number of anilines is 1. The van der Waals surface area contributed by atoms with Crippen LogP contribution in [0.1, 0.15) is 30.4 Å². The number of halogens is 1. The quantitative estimate of drug-likeness (QED) is 0.780. The molecule has 0 atom stereocenters. The Morgan fingerprint density at radius 2 is 1.90 bits per heavy atom. The number of nitrogens with zero attached hydrogens (tertiary/aromatic N) is 5. The molecule has 0 saturated carbocycles. The zero-order chi connectivity index (χ0) is 21.3. The first kappa shape index (κ1) is 20.5. The largest absolute Gasteiger partial charge is 0.370 e. The summed E-state index contributed by atoms with van der Waals surface area (Å²) in [5.41, 5.74) is 2.74. The van der Waals surface area contributed by atoms with Gasteiger partial charge in [0.25, 0.3) is 0 Å². The Morgan fingerprint density at radius 3 is 2.57 bits per heavy atom. The van der Waals surface area contributed by atoms with Gasteiger partial charge in [0.15, 0.2) is 0 Å². The van der Waals surface area contributed by atoms with Crippen LogP contribution in [0, 0.1) is 30.0 Å². The molecule has 0 bridgehead atoms. The predicted octanol–water partition coefficient (Wildman–Crippen LogP) is 2.93. The van der Waals surface area contributed by atoms with Gasteiger partial charge in [-0.2, -0.15) is 5.26 Å². The second-order valence-corrected chi connectivity index (χ2v) is 8.57. The molecule has 30 heavy (non-hydrogen) atoms. The predicted molar refractivity (Wildman–Crippen MR) is 115 cm³/mol. The molecule has 6 nitrogen and oxygen atoms in total. The Kier molecular flexibility index (Phi) is 5.87. The lowest BCUT2D eigenvalue weighted by Crippen LogP contribution is -2.47. The number of aromatic nitrogens is 1. The molecule has 2 fully saturated rings. The molecule has 0 spiro atoms. The first-order chi connectivity index (χ1) is 14.5. The van der Waals surface area contributed by atoms with E-state index in [0.717, 1.165) is 68.9 Å². The number of carbonyl (C=O) groups excluding carboxylic acids is 1. The highest BCUT2D eigenvalue weighted by atomic mass is 19.1. The molecule has 158 valence electrons. The van der Waals surface area contributed by atoms with Crippen molar-refractivity contribution < 1.29 is 9.18 Å². The van der Waals surface area contributed by atoms with Crippen LogP contribution in [0.15, 0.2) is 18.3 Å². The summed E-state index contributed by atoms with van der Waals surface area (Å²) in [5.74, 6) is 0.294. The van der Waals surface area contributed by atoms with E-state index in [9.17, 15) is 14.4 Å². The van der Waals surface area contributed by atoms with Gasteiger partial charge in [0.2, 0.25) is 5.91 Å². The summed E-state index contributed by atoms with van der Waals surface area (Å²) in [6.07, 6.45) is 3.96. The summed E-state index contributed by atoms with van der Waals surface area (Å²) >= 11 is 0. The molecule has 4 rings (SSSR count). The molecule has 1 aromatic heterocycles. The minimum atomic E-state index is -0.314. The number of likely N-dealkylation sites (N-methyl/N-ethyl adjacent to an activating group) is 1. The number of carbonyl (C=O) groups is 1. The van der Waals surface area contributed by atoms with Crippen LogP contribution in [-0.2, 0) is 4.79 Å². The van der Waals surface area contributed by atoms with Gasteiger partial charge >= 0.3 is 0 Å². The molecule has 7 heteroatoms. The lowest BCUT2D eigenvalue weighted by molar-refractivity contribution is -0.133. The molecule has 1 amide bonds. The van der Waals surface area contributed by atoms with E-state index in [-0.39, 0.29) is 11.7 Å². The van der Waals surface area contributed by atoms with Crippen molar-refractivity contribution in [1.29, 1.82) is 5.26 Å². The van der Waals surface area contributed by atoms with E-state index in [0.29, 0.717) is 23.3 Å². The van der Waals surface area contributed by atoms with E-state index >= 15 is 0 Å². The fourth-order valence-electron chi connectivity index (χ4n) is 4.64. The van der Waals surface area contributed by atoms with Gasteiger partial charge in [-0.15, -0.1) is 0 Å². The van der Waals surface area contributed by atoms with Crippen molar-refractivity contribution >= 4 is 22.5 Å². The number of nitriles is 1. The van der Waals surface area contributed by atoms with Crippen LogP contribution in [0.5, 0.6) is 0 Å². The van der Waals surface area contributed by atoms with E-state index in [4.69, 9.17) is 0 Å². The van der Waals surface area contributed by atoms with Crippen LogP contribution >= 0.6 is 0 Å². The van der Waals surface area contributed by atoms with Gasteiger partial charge in [-0.25, -0.2) is 4.39 Å². The molecule has 3 heterocycles. The molecule has 2 aliphatic heterocycles. The number of pyridine rings is 1. The maximum absolute atomic E-state index is 14.1. The number of hydrogen-bond acceptors (Lipinski definition) is 5. The monoisotopic (exact) mass is 409 g/mol. The van der Waals surface area contributed by atoms with E-state index < -0.39 is 0 Å². The lowest BCUT2D eigenvalue weighted by atomic mass is 9.91. The highest BCUT2D eigenvalue weighted by Crippen LogP contribution is 2.34. The normalized spacial score (nSPS) is 18.6. The first-order valence-corrected chi connectivity index (χ1v) is 10.7. The molecular formula is C23H28FN5O. The van der Waals surface area contributed by atoms with Crippen molar-refractivity contribution in [2.45, 2.75) is 26.2 Å². The van der Waals surface area contributed by atoms with Gasteiger partial charge in [-0.1, -0.05) is 0 Å². The highest BCUT2D eigenvalue weighted by Gasteiger charge is 2.27. The van der Waals surface area contributed by atoms with Crippen molar-refractivity contribution in [2.24, 2.45) is 5.92 Å². The summed E-state index contributed by atoms with van der Waals surface area (Å²) < 4.78 is 14.1. The third-order valence-electron chi connectivity index (χ3n) is 6.47. The minimum absolute atomic E-state index is 0.256. The minimum Gasteiger partial charge on any atom is -0.370 e. The van der Waals surface area contributed by atoms with Gasteiger partial charge in [-0.3, -0.25) is 9.78 Å². The average Bonchev–Trinajstić information content (AvgIpc) is 2.74. The van der Waals surface area contributed by atoms with Crippen molar-refractivity contribution in [1.82, 2.24) is 14.8 Å². The fraction of sp³-hybridized carbons (Fsp3) is 0.522. The number of piperidine rings is 1. The zero-order valence-corrected chi connectivity index (χ0v) is 17.7. The molecule has 0 radical (unpaired) electrons.